The van der Waals surface area contributed by atoms with Crippen molar-refractivity contribution >= 4 is 16.9 Å². The van der Waals surface area contributed by atoms with E-state index in [0.29, 0.717) is 6.54 Å². The standard InChI is InChI=1S/C19H22N6O/c1-12-8-16-18(22-12)19(21-11-20-16)24-7-3-5-14(24)10-25-17(26)9-13-4-2-6-15(13)23-25/h8-9,11,14,22H,2-7,10H2,1H3. The predicted octanol–water partition coefficient (Wildman–Crippen LogP) is 1.98. The molecule has 1 unspecified atom stereocenters. The van der Waals surface area contributed by atoms with Crippen molar-refractivity contribution in [2.75, 3.05) is 11.4 Å². The van der Waals surface area contributed by atoms with E-state index < -0.39 is 0 Å². The third-order valence-electron chi connectivity index (χ3n) is 5.59. The summed E-state index contributed by atoms with van der Waals surface area (Å²) in [7, 11) is 0. The van der Waals surface area contributed by atoms with Crippen LogP contribution in [0.1, 0.15) is 36.2 Å². The number of H-pyrrole nitrogens is 1. The van der Waals surface area contributed by atoms with Crippen LogP contribution in [0, 0.1) is 6.92 Å². The van der Waals surface area contributed by atoms with Crippen molar-refractivity contribution in [2.45, 2.75) is 51.6 Å². The lowest BCUT2D eigenvalue weighted by Crippen LogP contribution is -2.38. The summed E-state index contributed by atoms with van der Waals surface area (Å²) in [4.78, 5) is 27.1. The Morgan fingerprint density at radius 2 is 2.15 bits per heavy atom. The van der Waals surface area contributed by atoms with E-state index in [9.17, 15) is 4.79 Å². The van der Waals surface area contributed by atoms with Gasteiger partial charge in [-0.3, -0.25) is 4.79 Å². The van der Waals surface area contributed by atoms with Crippen molar-refractivity contribution in [1.29, 1.82) is 0 Å². The van der Waals surface area contributed by atoms with Crippen LogP contribution in [0.15, 0.2) is 23.3 Å². The largest absolute Gasteiger partial charge is 0.354 e. The lowest BCUT2D eigenvalue weighted by atomic mass is 10.2. The maximum Gasteiger partial charge on any atom is 0.267 e. The maximum absolute atomic E-state index is 12.5. The van der Waals surface area contributed by atoms with Crippen LogP contribution in [-0.4, -0.2) is 37.3 Å². The van der Waals surface area contributed by atoms with Gasteiger partial charge >= 0.3 is 0 Å². The van der Waals surface area contributed by atoms with Gasteiger partial charge in [-0.25, -0.2) is 14.6 Å². The van der Waals surface area contributed by atoms with Crippen LogP contribution in [0.5, 0.6) is 0 Å². The van der Waals surface area contributed by atoms with Gasteiger partial charge in [0.2, 0.25) is 0 Å². The zero-order chi connectivity index (χ0) is 17.7. The second kappa shape index (κ2) is 5.93. The molecule has 0 saturated carbocycles. The van der Waals surface area contributed by atoms with Crippen LogP contribution in [0.4, 0.5) is 5.82 Å². The Hall–Kier alpha value is -2.70. The van der Waals surface area contributed by atoms with Gasteiger partial charge in [0.15, 0.2) is 5.82 Å². The summed E-state index contributed by atoms with van der Waals surface area (Å²) in [6.45, 7) is 3.58. The van der Waals surface area contributed by atoms with Gasteiger partial charge in [-0.2, -0.15) is 5.10 Å². The molecule has 1 N–H and O–H groups in total. The number of anilines is 1. The molecule has 1 aliphatic heterocycles. The van der Waals surface area contributed by atoms with Gasteiger partial charge in [-0.15, -0.1) is 0 Å². The molecule has 0 bridgehead atoms. The highest BCUT2D eigenvalue weighted by Crippen LogP contribution is 2.30. The number of fused-ring (bicyclic) bond motifs is 2. The predicted molar refractivity (Wildman–Crippen MR) is 99.5 cm³/mol. The molecule has 1 fully saturated rings. The molecular weight excluding hydrogens is 328 g/mol. The number of hydrogen-bond donors (Lipinski definition) is 1. The summed E-state index contributed by atoms with van der Waals surface area (Å²) in [5, 5.41) is 4.65. The molecule has 7 heteroatoms. The minimum absolute atomic E-state index is 0.0149. The Kier molecular flexibility index (Phi) is 3.55. The number of nitrogens with one attached hydrogen (secondary N) is 1. The third-order valence-corrected chi connectivity index (χ3v) is 5.59. The molecule has 7 nitrogen and oxygen atoms in total. The lowest BCUT2D eigenvalue weighted by Gasteiger charge is -2.26. The summed E-state index contributed by atoms with van der Waals surface area (Å²) >= 11 is 0. The van der Waals surface area contributed by atoms with Gasteiger partial charge in [0, 0.05) is 18.3 Å². The molecular formula is C19H22N6O. The van der Waals surface area contributed by atoms with Gasteiger partial charge in [-0.05, 0) is 50.7 Å². The average molecular weight is 350 g/mol. The van der Waals surface area contributed by atoms with Gasteiger partial charge in [0.05, 0.1) is 23.8 Å². The number of rotatable bonds is 3. The molecule has 5 rings (SSSR count). The zero-order valence-corrected chi connectivity index (χ0v) is 14.9. The summed E-state index contributed by atoms with van der Waals surface area (Å²) in [5.74, 6) is 0.930. The SMILES string of the molecule is Cc1cc2ncnc(N3CCCC3Cn3nc4c(cc3=O)CCC4)c2[nH]1. The highest BCUT2D eigenvalue weighted by Gasteiger charge is 2.29. The molecule has 134 valence electrons. The smallest absolute Gasteiger partial charge is 0.267 e. The van der Waals surface area contributed by atoms with Gasteiger partial charge in [0.25, 0.3) is 5.56 Å². The summed E-state index contributed by atoms with van der Waals surface area (Å²) < 4.78 is 1.66. The van der Waals surface area contributed by atoms with E-state index in [1.165, 1.54) is 0 Å². The second-order valence-electron chi connectivity index (χ2n) is 7.39. The van der Waals surface area contributed by atoms with E-state index in [0.717, 1.165) is 72.5 Å². The third kappa shape index (κ3) is 2.50. The monoisotopic (exact) mass is 350 g/mol. The van der Waals surface area contributed by atoms with E-state index >= 15 is 0 Å². The second-order valence-corrected chi connectivity index (χ2v) is 7.39. The summed E-state index contributed by atoms with van der Waals surface area (Å²) in [6, 6.07) is 4.05. The Bertz CT molecular complexity index is 1040. The molecule has 1 atom stereocenters. The molecule has 0 aromatic carbocycles. The lowest BCUT2D eigenvalue weighted by molar-refractivity contribution is 0.482. The number of hydrogen-bond acceptors (Lipinski definition) is 5. The molecule has 0 spiro atoms. The first kappa shape index (κ1) is 15.5. The molecule has 1 saturated heterocycles. The first-order valence-electron chi connectivity index (χ1n) is 9.36. The van der Waals surface area contributed by atoms with Crippen molar-refractivity contribution in [3.63, 3.8) is 0 Å². The Morgan fingerprint density at radius 1 is 1.23 bits per heavy atom. The number of aromatic amines is 1. The molecule has 26 heavy (non-hydrogen) atoms. The van der Waals surface area contributed by atoms with Crippen LogP contribution in [0.2, 0.25) is 0 Å². The zero-order valence-electron chi connectivity index (χ0n) is 14.9. The quantitative estimate of drug-likeness (QED) is 0.781. The first-order chi connectivity index (χ1) is 12.7. The Morgan fingerprint density at radius 3 is 3.08 bits per heavy atom. The van der Waals surface area contributed by atoms with E-state index in [-0.39, 0.29) is 11.6 Å². The maximum atomic E-state index is 12.5. The fraction of sp³-hybridized carbons (Fsp3) is 0.474. The molecule has 1 aliphatic carbocycles. The van der Waals surface area contributed by atoms with Crippen LogP contribution in [0.3, 0.4) is 0 Å². The Labute approximate surface area is 151 Å². The Balaban J connectivity index is 1.49. The fourth-order valence-corrected chi connectivity index (χ4v) is 4.35. The first-order valence-corrected chi connectivity index (χ1v) is 9.36. The van der Waals surface area contributed by atoms with Crippen LogP contribution < -0.4 is 10.5 Å². The van der Waals surface area contributed by atoms with Crippen molar-refractivity contribution in [1.82, 2.24) is 24.7 Å². The minimum atomic E-state index is 0.0149. The molecule has 2 aliphatic rings. The summed E-state index contributed by atoms with van der Waals surface area (Å²) in [5.41, 5.74) is 5.24. The van der Waals surface area contributed by atoms with Crippen molar-refractivity contribution < 1.29 is 0 Å². The topological polar surface area (TPSA) is 79.7 Å². The van der Waals surface area contributed by atoms with E-state index in [2.05, 4.69) is 25.0 Å². The van der Waals surface area contributed by atoms with Gasteiger partial charge < -0.3 is 9.88 Å². The van der Waals surface area contributed by atoms with Crippen molar-refractivity contribution in [2.24, 2.45) is 0 Å². The van der Waals surface area contributed by atoms with Crippen LogP contribution in [-0.2, 0) is 19.4 Å². The van der Waals surface area contributed by atoms with E-state index in [1.54, 1.807) is 17.1 Å². The van der Waals surface area contributed by atoms with E-state index in [4.69, 9.17) is 0 Å². The fourth-order valence-electron chi connectivity index (χ4n) is 4.35. The normalized spacial score (nSPS) is 19.4. The number of aromatic nitrogens is 5. The van der Waals surface area contributed by atoms with Gasteiger partial charge in [-0.1, -0.05) is 0 Å². The minimum Gasteiger partial charge on any atom is -0.354 e. The van der Waals surface area contributed by atoms with Crippen LogP contribution in [0.25, 0.3) is 11.0 Å². The van der Waals surface area contributed by atoms with E-state index in [1.807, 2.05) is 13.0 Å². The van der Waals surface area contributed by atoms with Crippen molar-refractivity contribution in [3.8, 4) is 0 Å². The average Bonchev–Trinajstić information content (AvgIpc) is 3.33. The molecule has 3 aromatic heterocycles. The molecule has 3 aromatic rings. The highest BCUT2D eigenvalue weighted by molar-refractivity contribution is 5.87. The van der Waals surface area contributed by atoms with Crippen molar-refractivity contribution in [3.05, 3.63) is 45.8 Å². The number of nitrogens with zero attached hydrogens (tertiary/aromatic N) is 5. The molecule has 0 amide bonds. The summed E-state index contributed by atoms with van der Waals surface area (Å²) in [6.07, 6.45) is 6.83. The molecule has 0 radical (unpaired) electrons. The highest BCUT2D eigenvalue weighted by atomic mass is 16.1. The molecule has 4 heterocycles. The van der Waals surface area contributed by atoms with Crippen LogP contribution >= 0.6 is 0 Å². The number of aryl methyl sites for hydroxylation is 3. The van der Waals surface area contributed by atoms with Gasteiger partial charge in [0.1, 0.15) is 11.8 Å².